The van der Waals surface area contributed by atoms with Gasteiger partial charge in [0.25, 0.3) is 0 Å². The summed E-state index contributed by atoms with van der Waals surface area (Å²) in [6.07, 6.45) is 0. The molecule has 4 nitrogen and oxygen atoms in total. The molecule has 0 aliphatic carbocycles. The predicted molar refractivity (Wildman–Crippen MR) is 43.1 cm³/mol. The van der Waals surface area contributed by atoms with Crippen molar-refractivity contribution in [2.24, 2.45) is 0 Å². The SMILES string of the molecule is COC(C)(OC)C(C)[PH](=O)O. The van der Waals surface area contributed by atoms with E-state index in [9.17, 15) is 4.57 Å². The fourth-order valence-corrected chi connectivity index (χ4v) is 1.35. The van der Waals surface area contributed by atoms with Crippen molar-refractivity contribution in [3.8, 4) is 0 Å². The molecular formula is C6H15O4P. The maximum atomic E-state index is 10.7. The molecule has 0 saturated heterocycles. The second kappa shape index (κ2) is 4.21. The van der Waals surface area contributed by atoms with Gasteiger partial charge in [-0.05, 0) is 13.8 Å². The van der Waals surface area contributed by atoms with Crippen LogP contribution in [0.5, 0.6) is 0 Å². The smallest absolute Gasteiger partial charge is 0.197 e. The highest BCUT2D eigenvalue weighted by Gasteiger charge is 2.34. The number of ether oxygens (including phenoxy) is 2. The van der Waals surface area contributed by atoms with Crippen LogP contribution in [-0.4, -0.2) is 30.6 Å². The normalized spacial score (nSPS) is 17.9. The van der Waals surface area contributed by atoms with Gasteiger partial charge in [0.2, 0.25) is 0 Å². The molecule has 0 fully saturated rings. The van der Waals surface area contributed by atoms with Crippen molar-refractivity contribution in [2.75, 3.05) is 14.2 Å². The first kappa shape index (κ1) is 11.1. The summed E-state index contributed by atoms with van der Waals surface area (Å²) in [6.45, 7) is 3.25. The molecule has 5 heteroatoms. The van der Waals surface area contributed by atoms with Gasteiger partial charge in [-0.25, -0.2) is 0 Å². The Kier molecular flexibility index (Phi) is 4.26. The number of hydrogen-bond acceptors (Lipinski definition) is 3. The topological polar surface area (TPSA) is 55.8 Å². The van der Waals surface area contributed by atoms with Crippen molar-refractivity contribution in [3.05, 3.63) is 0 Å². The Morgan fingerprint density at radius 3 is 1.91 bits per heavy atom. The van der Waals surface area contributed by atoms with Crippen molar-refractivity contribution in [3.63, 3.8) is 0 Å². The molecule has 0 aromatic rings. The van der Waals surface area contributed by atoms with Crippen molar-refractivity contribution in [1.29, 1.82) is 0 Å². The third-order valence-corrected chi connectivity index (χ3v) is 3.23. The maximum Gasteiger partial charge on any atom is 0.197 e. The van der Waals surface area contributed by atoms with Crippen molar-refractivity contribution in [2.45, 2.75) is 25.3 Å². The van der Waals surface area contributed by atoms with E-state index in [1.165, 1.54) is 14.2 Å². The average Bonchev–Trinajstić information content (AvgIpc) is 2.01. The van der Waals surface area contributed by atoms with E-state index >= 15 is 0 Å². The van der Waals surface area contributed by atoms with Crippen LogP contribution in [-0.2, 0) is 14.0 Å². The van der Waals surface area contributed by atoms with Crippen LogP contribution in [0.2, 0.25) is 0 Å². The third kappa shape index (κ3) is 2.56. The highest BCUT2D eigenvalue weighted by molar-refractivity contribution is 7.39. The average molecular weight is 182 g/mol. The maximum absolute atomic E-state index is 10.7. The third-order valence-electron chi connectivity index (χ3n) is 1.97. The van der Waals surface area contributed by atoms with E-state index in [1.54, 1.807) is 13.8 Å². The molecule has 0 rings (SSSR count). The lowest BCUT2D eigenvalue weighted by atomic mass is 10.2. The molecule has 0 aromatic heterocycles. The van der Waals surface area contributed by atoms with Gasteiger partial charge in [0, 0.05) is 14.2 Å². The minimum absolute atomic E-state index is 0.498. The lowest BCUT2D eigenvalue weighted by Crippen LogP contribution is -2.39. The molecule has 1 N–H and O–H groups in total. The Hall–Kier alpha value is 0.110. The van der Waals surface area contributed by atoms with Gasteiger partial charge in [0.1, 0.15) is 0 Å². The first-order chi connectivity index (χ1) is 4.98. The lowest BCUT2D eigenvalue weighted by Gasteiger charge is -2.30. The number of methoxy groups -OCH3 is 2. The van der Waals surface area contributed by atoms with Gasteiger partial charge in [-0.3, -0.25) is 4.57 Å². The second-order valence-electron chi connectivity index (χ2n) is 2.48. The highest BCUT2D eigenvalue weighted by Crippen LogP contribution is 2.33. The van der Waals surface area contributed by atoms with E-state index in [2.05, 4.69) is 0 Å². The molecule has 0 aliphatic rings. The number of hydrogen-bond donors (Lipinski definition) is 1. The molecule has 0 aliphatic heterocycles. The monoisotopic (exact) mass is 182 g/mol. The van der Waals surface area contributed by atoms with E-state index in [4.69, 9.17) is 14.4 Å². The minimum Gasteiger partial charge on any atom is -0.353 e. The molecular weight excluding hydrogens is 167 g/mol. The van der Waals surface area contributed by atoms with E-state index in [0.717, 1.165) is 0 Å². The molecule has 2 unspecified atom stereocenters. The summed E-state index contributed by atoms with van der Waals surface area (Å²) in [6, 6.07) is 0. The van der Waals surface area contributed by atoms with Crippen LogP contribution in [0, 0.1) is 0 Å². The van der Waals surface area contributed by atoms with Gasteiger partial charge in [0.05, 0.1) is 5.66 Å². The summed E-state index contributed by atoms with van der Waals surface area (Å²) in [5.74, 6) is -0.954. The summed E-state index contributed by atoms with van der Waals surface area (Å²) in [5, 5.41) is 0. The Labute approximate surface area is 67.4 Å². The lowest BCUT2D eigenvalue weighted by molar-refractivity contribution is -0.192. The zero-order valence-electron chi connectivity index (χ0n) is 7.25. The molecule has 68 valence electrons. The molecule has 0 amide bonds. The first-order valence-corrected chi connectivity index (χ1v) is 4.74. The largest absolute Gasteiger partial charge is 0.353 e. The predicted octanol–water partition coefficient (Wildman–Crippen LogP) is 0.851. The Balaban J connectivity index is 4.36. The zero-order chi connectivity index (χ0) is 9.07. The Morgan fingerprint density at radius 2 is 1.82 bits per heavy atom. The molecule has 0 saturated carbocycles. The van der Waals surface area contributed by atoms with Crippen LogP contribution >= 0.6 is 8.03 Å². The van der Waals surface area contributed by atoms with Crippen LogP contribution in [0.15, 0.2) is 0 Å². The zero-order valence-corrected chi connectivity index (χ0v) is 8.25. The Morgan fingerprint density at radius 1 is 1.45 bits per heavy atom. The molecule has 0 bridgehead atoms. The Bertz CT molecular complexity index is 144. The van der Waals surface area contributed by atoms with Gasteiger partial charge in [-0.15, -0.1) is 0 Å². The standard InChI is InChI=1S/C6H15O4P/c1-5(11(7)8)6(2,9-3)10-4/h5,11H,1-4H3,(H,7,8). The van der Waals surface area contributed by atoms with Gasteiger partial charge in [0.15, 0.2) is 13.8 Å². The van der Waals surface area contributed by atoms with Crippen LogP contribution in [0.4, 0.5) is 0 Å². The molecule has 11 heavy (non-hydrogen) atoms. The quantitative estimate of drug-likeness (QED) is 0.517. The van der Waals surface area contributed by atoms with Crippen LogP contribution in [0.1, 0.15) is 13.8 Å². The van der Waals surface area contributed by atoms with Crippen molar-refractivity contribution >= 4 is 8.03 Å². The second-order valence-corrected chi connectivity index (χ2v) is 4.03. The van der Waals surface area contributed by atoms with Gasteiger partial charge >= 0.3 is 0 Å². The van der Waals surface area contributed by atoms with E-state index in [0.29, 0.717) is 0 Å². The molecule has 2 atom stereocenters. The fourth-order valence-electron chi connectivity index (χ4n) is 0.661. The minimum atomic E-state index is -2.59. The van der Waals surface area contributed by atoms with Crippen molar-refractivity contribution < 1.29 is 18.9 Å². The van der Waals surface area contributed by atoms with Crippen LogP contribution in [0.25, 0.3) is 0 Å². The highest BCUT2D eigenvalue weighted by atomic mass is 31.1. The summed E-state index contributed by atoms with van der Waals surface area (Å²) in [5.41, 5.74) is -0.498. The number of rotatable bonds is 4. The molecule has 0 aromatic carbocycles. The molecule has 0 heterocycles. The van der Waals surface area contributed by atoms with Crippen molar-refractivity contribution in [1.82, 2.24) is 0 Å². The van der Waals surface area contributed by atoms with Gasteiger partial charge < -0.3 is 14.4 Å². The summed E-state index contributed by atoms with van der Waals surface area (Å²) in [7, 11) is 0.305. The van der Waals surface area contributed by atoms with E-state index in [-0.39, 0.29) is 0 Å². The van der Waals surface area contributed by atoms with E-state index in [1.807, 2.05) is 0 Å². The summed E-state index contributed by atoms with van der Waals surface area (Å²) in [4.78, 5) is 8.81. The van der Waals surface area contributed by atoms with Gasteiger partial charge in [-0.1, -0.05) is 0 Å². The van der Waals surface area contributed by atoms with Crippen LogP contribution < -0.4 is 0 Å². The van der Waals surface area contributed by atoms with Crippen LogP contribution in [0.3, 0.4) is 0 Å². The molecule has 0 spiro atoms. The molecule has 0 radical (unpaired) electrons. The first-order valence-electron chi connectivity index (χ1n) is 3.31. The fraction of sp³-hybridized carbons (Fsp3) is 1.00. The van der Waals surface area contributed by atoms with Gasteiger partial charge in [-0.2, -0.15) is 0 Å². The summed E-state index contributed by atoms with van der Waals surface area (Å²) < 4.78 is 20.6. The van der Waals surface area contributed by atoms with E-state index < -0.39 is 19.5 Å². The summed E-state index contributed by atoms with van der Waals surface area (Å²) >= 11 is 0.